The van der Waals surface area contributed by atoms with E-state index >= 15 is 0 Å². The van der Waals surface area contributed by atoms with Gasteiger partial charge >= 0.3 is 0 Å². The van der Waals surface area contributed by atoms with Gasteiger partial charge in [-0.2, -0.15) is 5.10 Å². The second kappa shape index (κ2) is 3.19. The van der Waals surface area contributed by atoms with E-state index in [9.17, 15) is 0 Å². The number of aromatic nitrogens is 2. The molecular formula is C7H10BrN2. The fraction of sp³-hybridized carbons (Fsp3) is 0.571. The monoisotopic (exact) mass is 201 g/mol. The van der Waals surface area contributed by atoms with Crippen molar-refractivity contribution in [3.63, 3.8) is 0 Å². The molecule has 55 valence electrons. The van der Waals surface area contributed by atoms with Crippen molar-refractivity contribution in [2.45, 2.75) is 26.8 Å². The van der Waals surface area contributed by atoms with Crippen molar-refractivity contribution in [3.05, 3.63) is 16.4 Å². The molecule has 1 aromatic heterocycles. The smallest absolute Gasteiger partial charge is 0.117 e. The van der Waals surface area contributed by atoms with E-state index in [1.54, 1.807) is 0 Å². The average molecular weight is 202 g/mol. The molecule has 0 amide bonds. The van der Waals surface area contributed by atoms with Gasteiger partial charge in [0.2, 0.25) is 0 Å². The zero-order valence-corrected chi connectivity index (χ0v) is 7.77. The molecule has 0 aliphatic rings. The van der Waals surface area contributed by atoms with Crippen molar-refractivity contribution < 1.29 is 0 Å². The summed E-state index contributed by atoms with van der Waals surface area (Å²) >= 11 is 3.44. The first kappa shape index (κ1) is 7.79. The van der Waals surface area contributed by atoms with Crippen molar-refractivity contribution in [1.29, 1.82) is 0 Å². The third-order valence-electron chi connectivity index (χ3n) is 1.43. The third-order valence-corrected chi connectivity index (χ3v) is 2.32. The first-order chi connectivity index (χ1) is 4.79. The number of rotatable bonds is 2. The van der Waals surface area contributed by atoms with Gasteiger partial charge in [0.05, 0.1) is 0 Å². The number of nitrogens with zero attached hydrogens (tertiary/aromatic N) is 2. The fourth-order valence-electron chi connectivity index (χ4n) is 0.801. The Balaban J connectivity index is 2.97. The molecule has 0 N–H and O–H groups in total. The maximum atomic E-state index is 4.05. The van der Waals surface area contributed by atoms with Crippen molar-refractivity contribution in [2.75, 3.05) is 0 Å². The van der Waals surface area contributed by atoms with Crippen molar-refractivity contribution in [3.8, 4) is 0 Å². The topological polar surface area (TPSA) is 17.8 Å². The second-order valence-electron chi connectivity index (χ2n) is 2.05. The first-order valence-corrected chi connectivity index (χ1v) is 4.21. The predicted octanol–water partition coefficient (Wildman–Crippen LogP) is 2.03. The molecule has 0 bridgehead atoms. The maximum absolute atomic E-state index is 4.05. The van der Waals surface area contributed by atoms with Gasteiger partial charge in [0.15, 0.2) is 0 Å². The Morgan fingerprint density at radius 1 is 1.60 bits per heavy atom. The van der Waals surface area contributed by atoms with Crippen molar-refractivity contribution in [2.24, 2.45) is 0 Å². The van der Waals surface area contributed by atoms with E-state index in [0.29, 0.717) is 0 Å². The SMILES string of the molecule is CCc1[c]nn(CC)c1Br. The molecule has 0 aliphatic heterocycles. The molecule has 0 atom stereocenters. The van der Waals surface area contributed by atoms with Crippen LogP contribution in [0.3, 0.4) is 0 Å². The summed E-state index contributed by atoms with van der Waals surface area (Å²) in [6.07, 6.45) is 3.93. The highest BCUT2D eigenvalue weighted by molar-refractivity contribution is 9.10. The van der Waals surface area contributed by atoms with E-state index in [1.165, 1.54) is 0 Å². The van der Waals surface area contributed by atoms with Crippen LogP contribution in [0, 0.1) is 6.20 Å². The maximum Gasteiger partial charge on any atom is 0.117 e. The van der Waals surface area contributed by atoms with Crippen LogP contribution in [0.15, 0.2) is 4.60 Å². The zero-order valence-electron chi connectivity index (χ0n) is 6.19. The van der Waals surface area contributed by atoms with Crippen LogP contribution < -0.4 is 0 Å². The molecule has 0 aromatic carbocycles. The average Bonchev–Trinajstić information content (AvgIpc) is 2.30. The lowest BCUT2D eigenvalue weighted by molar-refractivity contribution is 0.643. The van der Waals surface area contributed by atoms with E-state index in [1.807, 2.05) is 4.68 Å². The van der Waals surface area contributed by atoms with Gasteiger partial charge in [0.1, 0.15) is 10.8 Å². The lowest BCUT2D eigenvalue weighted by Crippen LogP contribution is -1.95. The quantitative estimate of drug-likeness (QED) is 0.717. The van der Waals surface area contributed by atoms with Crippen LogP contribution in [0.2, 0.25) is 0 Å². The van der Waals surface area contributed by atoms with E-state index in [0.717, 1.165) is 23.1 Å². The molecule has 3 heteroatoms. The standard InChI is InChI=1S/C7H10BrN2/c1-3-6-5-9-10(4-2)7(6)8/h3-4H2,1-2H3. The summed E-state index contributed by atoms with van der Waals surface area (Å²) in [7, 11) is 0. The number of hydrogen-bond acceptors (Lipinski definition) is 1. The van der Waals surface area contributed by atoms with Crippen LogP contribution in [0.5, 0.6) is 0 Å². The molecule has 10 heavy (non-hydrogen) atoms. The Bertz CT molecular complexity index is 196. The molecule has 0 saturated heterocycles. The number of aryl methyl sites for hydroxylation is 2. The van der Waals surface area contributed by atoms with Gasteiger partial charge < -0.3 is 0 Å². The fourth-order valence-corrected chi connectivity index (χ4v) is 1.50. The minimum atomic E-state index is 0.900. The Labute approximate surface area is 69.4 Å². The van der Waals surface area contributed by atoms with Crippen LogP contribution in [-0.4, -0.2) is 9.78 Å². The van der Waals surface area contributed by atoms with E-state index < -0.39 is 0 Å². The van der Waals surface area contributed by atoms with Gasteiger partial charge in [0, 0.05) is 12.1 Å². The molecule has 0 saturated carbocycles. The summed E-state index contributed by atoms with van der Waals surface area (Å²) in [6, 6.07) is 0. The van der Waals surface area contributed by atoms with Crippen molar-refractivity contribution >= 4 is 15.9 Å². The van der Waals surface area contributed by atoms with Crippen LogP contribution in [0.1, 0.15) is 19.4 Å². The molecule has 1 rings (SSSR count). The summed E-state index contributed by atoms with van der Waals surface area (Å²) < 4.78 is 2.95. The number of hydrogen-bond donors (Lipinski definition) is 0. The Morgan fingerprint density at radius 3 is 2.60 bits per heavy atom. The van der Waals surface area contributed by atoms with Gasteiger partial charge in [-0.05, 0) is 29.3 Å². The minimum Gasteiger partial charge on any atom is -0.258 e. The van der Waals surface area contributed by atoms with E-state index in [4.69, 9.17) is 0 Å². The Kier molecular flexibility index (Phi) is 2.49. The first-order valence-electron chi connectivity index (χ1n) is 3.42. The molecule has 0 aliphatic carbocycles. The predicted molar refractivity (Wildman–Crippen MR) is 43.8 cm³/mol. The summed E-state index contributed by atoms with van der Waals surface area (Å²) in [6.45, 7) is 5.06. The highest BCUT2D eigenvalue weighted by Gasteiger charge is 2.03. The Morgan fingerprint density at radius 2 is 2.30 bits per heavy atom. The molecule has 0 spiro atoms. The van der Waals surface area contributed by atoms with Crippen LogP contribution in [-0.2, 0) is 13.0 Å². The van der Waals surface area contributed by atoms with Crippen LogP contribution in [0.25, 0.3) is 0 Å². The van der Waals surface area contributed by atoms with Gasteiger partial charge in [-0.15, -0.1) is 0 Å². The summed E-state index contributed by atoms with van der Waals surface area (Å²) in [5.41, 5.74) is 1.15. The van der Waals surface area contributed by atoms with Gasteiger partial charge in [-0.1, -0.05) is 6.92 Å². The van der Waals surface area contributed by atoms with Crippen LogP contribution >= 0.6 is 15.9 Å². The summed E-state index contributed by atoms with van der Waals surface area (Å²) in [4.78, 5) is 0. The summed E-state index contributed by atoms with van der Waals surface area (Å²) in [5.74, 6) is 0. The highest BCUT2D eigenvalue weighted by Crippen LogP contribution is 2.15. The highest BCUT2D eigenvalue weighted by atomic mass is 79.9. The van der Waals surface area contributed by atoms with E-state index in [2.05, 4.69) is 41.1 Å². The summed E-state index contributed by atoms with van der Waals surface area (Å²) in [5, 5.41) is 4.05. The lowest BCUT2D eigenvalue weighted by atomic mass is 10.3. The minimum absolute atomic E-state index is 0.900. The van der Waals surface area contributed by atoms with Gasteiger partial charge in [0.25, 0.3) is 0 Å². The lowest BCUT2D eigenvalue weighted by Gasteiger charge is -1.96. The zero-order chi connectivity index (χ0) is 7.56. The molecule has 2 nitrogen and oxygen atoms in total. The Hall–Kier alpha value is -0.310. The van der Waals surface area contributed by atoms with Crippen LogP contribution in [0.4, 0.5) is 0 Å². The molecule has 0 fully saturated rings. The molecule has 1 radical (unpaired) electrons. The largest absolute Gasteiger partial charge is 0.258 e. The molecular weight excluding hydrogens is 192 g/mol. The number of halogens is 1. The van der Waals surface area contributed by atoms with Gasteiger partial charge in [-0.25, -0.2) is 0 Å². The molecule has 1 heterocycles. The normalized spacial score (nSPS) is 10.3. The van der Waals surface area contributed by atoms with Crippen molar-refractivity contribution in [1.82, 2.24) is 9.78 Å². The third kappa shape index (κ3) is 1.24. The van der Waals surface area contributed by atoms with E-state index in [-0.39, 0.29) is 0 Å². The molecule has 0 unspecified atom stereocenters. The van der Waals surface area contributed by atoms with Gasteiger partial charge in [-0.3, -0.25) is 4.68 Å². The second-order valence-corrected chi connectivity index (χ2v) is 2.80. The molecule has 1 aromatic rings.